The van der Waals surface area contributed by atoms with Gasteiger partial charge in [-0.2, -0.15) is 0 Å². The lowest BCUT2D eigenvalue weighted by atomic mass is 10.1. The van der Waals surface area contributed by atoms with Crippen LogP contribution in [-0.2, 0) is 4.74 Å². The summed E-state index contributed by atoms with van der Waals surface area (Å²) in [5.41, 5.74) is 6.06. The van der Waals surface area contributed by atoms with E-state index in [9.17, 15) is 4.79 Å². The minimum absolute atomic E-state index is 0.0265. The van der Waals surface area contributed by atoms with Crippen molar-refractivity contribution in [2.45, 2.75) is 19.9 Å². The number of carbonyl (C=O) groups excluding carboxylic acids is 1. The van der Waals surface area contributed by atoms with Gasteiger partial charge in [-0.25, -0.2) is 9.78 Å². The number of hydrogen-bond donors (Lipinski definition) is 2. The molecule has 1 rings (SSSR count). The van der Waals surface area contributed by atoms with Gasteiger partial charge < -0.3 is 15.8 Å². The molecule has 1 heterocycles. The van der Waals surface area contributed by atoms with E-state index in [0.29, 0.717) is 18.3 Å². The fourth-order valence-electron chi connectivity index (χ4n) is 1.11. The lowest BCUT2D eigenvalue weighted by Crippen LogP contribution is -2.34. The molecule has 0 aliphatic rings. The van der Waals surface area contributed by atoms with Crippen molar-refractivity contribution in [1.82, 2.24) is 9.97 Å². The van der Waals surface area contributed by atoms with Crippen molar-refractivity contribution in [2.75, 3.05) is 19.0 Å². The molecule has 0 aromatic carbocycles. The summed E-state index contributed by atoms with van der Waals surface area (Å²) in [6.07, 6.45) is 2.90. The Bertz CT molecular complexity index is 381. The quantitative estimate of drug-likeness (QED) is 0.732. The van der Waals surface area contributed by atoms with Crippen LogP contribution < -0.4 is 11.1 Å². The second kappa shape index (κ2) is 6.15. The number of rotatable bonds is 5. The second-order valence-electron chi connectivity index (χ2n) is 4.07. The highest BCUT2D eigenvalue weighted by Gasteiger charge is 2.10. The lowest BCUT2D eigenvalue weighted by Gasteiger charge is -2.16. The third-order valence-electron chi connectivity index (χ3n) is 2.40. The topological polar surface area (TPSA) is 90.1 Å². The van der Waals surface area contributed by atoms with E-state index in [1.807, 2.05) is 13.8 Å². The molecular weight excluding hydrogens is 220 g/mol. The molecule has 1 aromatic heterocycles. The zero-order chi connectivity index (χ0) is 12.8. The van der Waals surface area contributed by atoms with E-state index in [1.165, 1.54) is 13.3 Å². The van der Waals surface area contributed by atoms with E-state index in [2.05, 4.69) is 20.0 Å². The largest absolute Gasteiger partial charge is 0.464 e. The fraction of sp³-hybridized carbons (Fsp3) is 0.545. The van der Waals surface area contributed by atoms with Crippen LogP contribution in [0.15, 0.2) is 12.4 Å². The van der Waals surface area contributed by atoms with Gasteiger partial charge in [0.1, 0.15) is 5.82 Å². The minimum atomic E-state index is -0.505. The number of ether oxygens (including phenoxy) is 1. The molecule has 0 radical (unpaired) electrons. The maximum Gasteiger partial charge on any atom is 0.358 e. The van der Waals surface area contributed by atoms with Crippen molar-refractivity contribution >= 4 is 11.8 Å². The van der Waals surface area contributed by atoms with E-state index in [-0.39, 0.29) is 11.7 Å². The number of nitrogens with two attached hydrogens (primary N) is 1. The van der Waals surface area contributed by atoms with Gasteiger partial charge in [-0.05, 0) is 5.92 Å². The van der Waals surface area contributed by atoms with Crippen LogP contribution in [0.25, 0.3) is 0 Å². The molecule has 0 aliphatic heterocycles. The second-order valence-corrected chi connectivity index (χ2v) is 4.07. The van der Waals surface area contributed by atoms with Crippen LogP contribution in [0, 0.1) is 5.92 Å². The van der Waals surface area contributed by atoms with Crippen molar-refractivity contribution in [3.63, 3.8) is 0 Å². The van der Waals surface area contributed by atoms with Crippen molar-refractivity contribution in [3.05, 3.63) is 18.1 Å². The van der Waals surface area contributed by atoms with Crippen LogP contribution in [0.1, 0.15) is 24.3 Å². The van der Waals surface area contributed by atoms with Crippen molar-refractivity contribution in [3.8, 4) is 0 Å². The first-order chi connectivity index (χ1) is 8.04. The highest BCUT2D eigenvalue weighted by Crippen LogP contribution is 2.05. The van der Waals surface area contributed by atoms with E-state index < -0.39 is 5.97 Å². The predicted octanol–water partition coefficient (Wildman–Crippen LogP) is 0.658. The minimum Gasteiger partial charge on any atom is -0.464 e. The van der Waals surface area contributed by atoms with Gasteiger partial charge in [0.05, 0.1) is 19.5 Å². The van der Waals surface area contributed by atoms with E-state index in [1.54, 1.807) is 6.20 Å². The average molecular weight is 238 g/mol. The molecule has 17 heavy (non-hydrogen) atoms. The van der Waals surface area contributed by atoms with Gasteiger partial charge in [0, 0.05) is 12.6 Å². The molecule has 0 aliphatic carbocycles. The number of nitrogens with zero attached hydrogens (tertiary/aromatic N) is 2. The van der Waals surface area contributed by atoms with Crippen molar-refractivity contribution in [2.24, 2.45) is 11.7 Å². The van der Waals surface area contributed by atoms with Crippen LogP contribution in [0.3, 0.4) is 0 Å². The Morgan fingerprint density at radius 1 is 1.53 bits per heavy atom. The van der Waals surface area contributed by atoms with Gasteiger partial charge in [0.2, 0.25) is 0 Å². The first kappa shape index (κ1) is 13.4. The van der Waals surface area contributed by atoms with Gasteiger partial charge in [-0.1, -0.05) is 13.8 Å². The molecule has 1 aromatic rings. The highest BCUT2D eigenvalue weighted by molar-refractivity contribution is 5.87. The molecule has 0 bridgehead atoms. The smallest absolute Gasteiger partial charge is 0.358 e. The number of aromatic nitrogens is 2. The maximum absolute atomic E-state index is 11.2. The summed E-state index contributed by atoms with van der Waals surface area (Å²) in [5.74, 6) is 0.387. The van der Waals surface area contributed by atoms with Crippen LogP contribution in [-0.4, -0.2) is 35.6 Å². The van der Waals surface area contributed by atoms with Gasteiger partial charge in [0.15, 0.2) is 5.69 Å². The summed E-state index contributed by atoms with van der Waals surface area (Å²) in [6, 6.07) is 0.0265. The van der Waals surface area contributed by atoms with Crippen LogP contribution in [0.2, 0.25) is 0 Å². The average Bonchev–Trinajstić information content (AvgIpc) is 2.35. The van der Waals surface area contributed by atoms with Crippen molar-refractivity contribution < 1.29 is 9.53 Å². The normalized spacial score (nSPS) is 12.3. The molecule has 0 saturated carbocycles. The monoisotopic (exact) mass is 238 g/mol. The third kappa shape index (κ3) is 3.99. The Labute approximate surface area is 101 Å². The zero-order valence-electron chi connectivity index (χ0n) is 10.3. The SMILES string of the molecule is COC(=O)c1cncc(NCC(N)C(C)C)n1. The summed E-state index contributed by atoms with van der Waals surface area (Å²) in [4.78, 5) is 19.2. The fourth-order valence-corrected chi connectivity index (χ4v) is 1.11. The van der Waals surface area contributed by atoms with Crippen molar-refractivity contribution in [1.29, 1.82) is 0 Å². The summed E-state index contributed by atoms with van der Waals surface area (Å²) >= 11 is 0. The Balaban J connectivity index is 2.63. The Kier molecular flexibility index (Phi) is 4.84. The Hall–Kier alpha value is -1.69. The first-order valence-electron chi connectivity index (χ1n) is 5.44. The lowest BCUT2D eigenvalue weighted by molar-refractivity contribution is 0.0593. The molecule has 94 valence electrons. The molecule has 3 N–H and O–H groups in total. The summed E-state index contributed by atoms with van der Waals surface area (Å²) in [5, 5.41) is 3.04. The zero-order valence-corrected chi connectivity index (χ0v) is 10.3. The van der Waals surface area contributed by atoms with Crippen LogP contribution in [0.4, 0.5) is 5.82 Å². The number of nitrogens with one attached hydrogen (secondary N) is 1. The highest BCUT2D eigenvalue weighted by atomic mass is 16.5. The van der Waals surface area contributed by atoms with E-state index in [4.69, 9.17) is 5.73 Å². The molecule has 1 atom stereocenters. The number of esters is 1. The van der Waals surface area contributed by atoms with E-state index >= 15 is 0 Å². The predicted molar refractivity (Wildman–Crippen MR) is 64.7 cm³/mol. The molecule has 0 amide bonds. The summed E-state index contributed by atoms with van der Waals surface area (Å²) < 4.78 is 4.56. The summed E-state index contributed by atoms with van der Waals surface area (Å²) in [6.45, 7) is 4.67. The Morgan fingerprint density at radius 2 is 2.24 bits per heavy atom. The number of methoxy groups -OCH3 is 1. The van der Waals surface area contributed by atoms with Gasteiger partial charge in [-0.15, -0.1) is 0 Å². The van der Waals surface area contributed by atoms with Crippen LogP contribution >= 0.6 is 0 Å². The molecule has 0 fully saturated rings. The molecule has 0 saturated heterocycles. The summed E-state index contributed by atoms with van der Waals surface area (Å²) in [7, 11) is 1.30. The number of hydrogen-bond acceptors (Lipinski definition) is 6. The van der Waals surface area contributed by atoms with Gasteiger partial charge in [0.25, 0.3) is 0 Å². The maximum atomic E-state index is 11.2. The third-order valence-corrected chi connectivity index (χ3v) is 2.40. The van der Waals surface area contributed by atoms with E-state index in [0.717, 1.165) is 0 Å². The van der Waals surface area contributed by atoms with Gasteiger partial charge in [-0.3, -0.25) is 4.98 Å². The van der Waals surface area contributed by atoms with Crippen LogP contribution in [0.5, 0.6) is 0 Å². The molecule has 6 nitrogen and oxygen atoms in total. The molecule has 6 heteroatoms. The molecule has 1 unspecified atom stereocenters. The Morgan fingerprint density at radius 3 is 2.82 bits per heavy atom. The number of carbonyl (C=O) groups is 1. The first-order valence-corrected chi connectivity index (χ1v) is 5.44. The number of anilines is 1. The molecular formula is C11H18N4O2. The standard InChI is InChI=1S/C11H18N4O2/c1-7(2)8(12)4-14-10-6-13-5-9(15-10)11(16)17-3/h5-8H,4,12H2,1-3H3,(H,14,15). The molecule has 0 spiro atoms. The van der Waals surface area contributed by atoms with Gasteiger partial charge >= 0.3 is 5.97 Å².